The van der Waals surface area contributed by atoms with Crippen LogP contribution in [0.2, 0.25) is 0 Å². The number of carbonyl (C=O) groups is 1. The molecule has 20 heavy (non-hydrogen) atoms. The van der Waals surface area contributed by atoms with E-state index in [4.69, 9.17) is 4.74 Å². The average Bonchev–Trinajstić information content (AvgIpc) is 2.45. The minimum absolute atomic E-state index is 0.0990. The maximum absolute atomic E-state index is 11.6. The second-order valence-corrected chi connectivity index (χ2v) is 7.33. The van der Waals surface area contributed by atoms with Crippen LogP contribution in [-0.2, 0) is 9.53 Å². The number of carboxylic acid groups (broad SMARTS) is 1. The van der Waals surface area contributed by atoms with Crippen molar-refractivity contribution in [1.82, 2.24) is 0 Å². The van der Waals surface area contributed by atoms with Gasteiger partial charge in [-0.2, -0.15) is 0 Å². The fraction of sp³-hybridized carbons (Fsp3) is 0.941. The Kier molecular flexibility index (Phi) is 4.07. The third-order valence-corrected chi connectivity index (χ3v) is 6.30. The van der Waals surface area contributed by atoms with Crippen LogP contribution in [0.25, 0.3) is 0 Å². The van der Waals surface area contributed by atoms with Gasteiger partial charge in [0.25, 0.3) is 0 Å². The first-order valence-electron chi connectivity index (χ1n) is 8.50. The average molecular weight is 280 g/mol. The third-order valence-electron chi connectivity index (χ3n) is 6.30. The van der Waals surface area contributed by atoms with Gasteiger partial charge in [-0.05, 0) is 69.1 Å². The van der Waals surface area contributed by atoms with Gasteiger partial charge in [-0.1, -0.05) is 13.3 Å². The molecule has 3 rings (SSSR count). The lowest BCUT2D eigenvalue weighted by Crippen LogP contribution is -2.48. The van der Waals surface area contributed by atoms with E-state index in [0.717, 1.165) is 44.6 Å². The van der Waals surface area contributed by atoms with Crippen LogP contribution in [0.4, 0.5) is 0 Å². The number of hydrogen-bond donors (Lipinski definition) is 1. The number of hydrogen-bond acceptors (Lipinski definition) is 2. The first kappa shape index (κ1) is 14.4. The first-order valence-corrected chi connectivity index (χ1v) is 8.50. The van der Waals surface area contributed by atoms with E-state index in [0.29, 0.717) is 11.8 Å². The lowest BCUT2D eigenvalue weighted by molar-refractivity contribution is -0.164. The molecule has 3 fully saturated rings. The summed E-state index contributed by atoms with van der Waals surface area (Å²) in [7, 11) is 0. The van der Waals surface area contributed by atoms with Crippen LogP contribution in [0.3, 0.4) is 0 Å². The topological polar surface area (TPSA) is 46.5 Å². The van der Waals surface area contributed by atoms with E-state index in [1.165, 1.54) is 25.7 Å². The van der Waals surface area contributed by atoms with E-state index in [-0.39, 0.29) is 11.5 Å². The molecular formula is C17H28O3. The second-order valence-electron chi connectivity index (χ2n) is 7.33. The summed E-state index contributed by atoms with van der Waals surface area (Å²) in [5, 5.41) is 9.57. The molecule has 3 aliphatic rings. The van der Waals surface area contributed by atoms with Crippen LogP contribution in [0.15, 0.2) is 0 Å². The molecule has 114 valence electrons. The Balaban J connectivity index is 1.72. The van der Waals surface area contributed by atoms with Gasteiger partial charge in [0.05, 0.1) is 11.5 Å². The summed E-state index contributed by atoms with van der Waals surface area (Å²) in [4.78, 5) is 11.6. The highest BCUT2D eigenvalue weighted by Crippen LogP contribution is 2.50. The Labute approximate surface area is 122 Å². The lowest BCUT2D eigenvalue weighted by atomic mass is 9.62. The van der Waals surface area contributed by atoms with Gasteiger partial charge in [0.1, 0.15) is 0 Å². The van der Waals surface area contributed by atoms with Crippen molar-refractivity contribution >= 4 is 5.97 Å². The minimum Gasteiger partial charge on any atom is -0.481 e. The van der Waals surface area contributed by atoms with Crippen molar-refractivity contribution in [3.8, 4) is 0 Å². The molecule has 4 atom stereocenters. The van der Waals surface area contributed by atoms with Gasteiger partial charge >= 0.3 is 5.97 Å². The molecule has 1 aliphatic heterocycles. The highest BCUT2D eigenvalue weighted by Gasteiger charge is 2.47. The van der Waals surface area contributed by atoms with Gasteiger partial charge in [0.2, 0.25) is 0 Å². The maximum Gasteiger partial charge on any atom is 0.306 e. The molecule has 0 radical (unpaired) electrons. The Morgan fingerprint density at radius 3 is 2.70 bits per heavy atom. The molecule has 0 aromatic rings. The van der Waals surface area contributed by atoms with E-state index < -0.39 is 5.97 Å². The minimum atomic E-state index is -0.557. The smallest absolute Gasteiger partial charge is 0.306 e. The molecule has 1 N–H and O–H groups in total. The van der Waals surface area contributed by atoms with Gasteiger partial charge in [-0.15, -0.1) is 0 Å². The molecule has 0 aromatic carbocycles. The van der Waals surface area contributed by atoms with E-state index in [1.807, 2.05) is 0 Å². The zero-order valence-corrected chi connectivity index (χ0v) is 12.6. The zero-order chi connectivity index (χ0) is 14.2. The Hall–Kier alpha value is -0.570. The first-order chi connectivity index (χ1) is 9.63. The predicted octanol–water partition coefficient (Wildman–Crippen LogP) is 3.86. The van der Waals surface area contributed by atoms with Crippen LogP contribution in [0.5, 0.6) is 0 Å². The number of rotatable bonds is 3. The molecule has 1 saturated heterocycles. The zero-order valence-electron chi connectivity index (χ0n) is 12.6. The van der Waals surface area contributed by atoms with Crippen molar-refractivity contribution in [1.29, 1.82) is 0 Å². The van der Waals surface area contributed by atoms with Gasteiger partial charge in [-0.3, -0.25) is 4.79 Å². The van der Waals surface area contributed by atoms with Crippen LogP contribution in [0, 0.1) is 23.7 Å². The third kappa shape index (κ3) is 2.61. The molecule has 3 heteroatoms. The second kappa shape index (κ2) is 5.67. The Bertz CT molecular complexity index is 361. The quantitative estimate of drug-likeness (QED) is 0.853. The number of aliphatic carboxylic acids is 1. The van der Waals surface area contributed by atoms with Crippen LogP contribution in [-0.4, -0.2) is 23.3 Å². The molecule has 4 unspecified atom stereocenters. The van der Waals surface area contributed by atoms with Crippen molar-refractivity contribution in [2.75, 3.05) is 6.61 Å². The molecule has 1 heterocycles. The van der Waals surface area contributed by atoms with Crippen LogP contribution in [0.1, 0.15) is 64.7 Å². The lowest BCUT2D eigenvalue weighted by Gasteiger charge is -2.50. The summed E-state index contributed by atoms with van der Waals surface area (Å²) in [6.45, 7) is 3.10. The van der Waals surface area contributed by atoms with Crippen LogP contribution >= 0.6 is 0 Å². The van der Waals surface area contributed by atoms with Crippen molar-refractivity contribution in [3.05, 3.63) is 0 Å². The predicted molar refractivity (Wildman–Crippen MR) is 77.5 cm³/mol. The summed E-state index contributed by atoms with van der Waals surface area (Å²) in [5.74, 6) is 1.07. The standard InChI is InChI=1S/C17H28O3/c1-2-12-4-5-14(16(18)19)15(10-12)13-6-9-20-17(11-13)7-3-8-17/h12-15H,2-11H2,1H3,(H,18,19). The molecule has 2 saturated carbocycles. The summed E-state index contributed by atoms with van der Waals surface area (Å²) in [5.41, 5.74) is 0.144. The highest BCUT2D eigenvalue weighted by atomic mass is 16.5. The van der Waals surface area contributed by atoms with E-state index >= 15 is 0 Å². The highest BCUT2D eigenvalue weighted by molar-refractivity contribution is 5.70. The van der Waals surface area contributed by atoms with Gasteiger partial charge in [-0.25, -0.2) is 0 Å². The molecule has 0 amide bonds. The normalized spacial score (nSPS) is 40.2. The molecule has 0 bridgehead atoms. The van der Waals surface area contributed by atoms with Crippen molar-refractivity contribution in [2.24, 2.45) is 23.7 Å². The Morgan fingerprint density at radius 2 is 2.10 bits per heavy atom. The van der Waals surface area contributed by atoms with Gasteiger partial charge in [0, 0.05) is 6.61 Å². The van der Waals surface area contributed by atoms with Gasteiger partial charge < -0.3 is 9.84 Å². The molecular weight excluding hydrogens is 252 g/mol. The summed E-state index contributed by atoms with van der Waals surface area (Å²) < 4.78 is 6.02. The fourth-order valence-electron chi connectivity index (χ4n) is 4.85. The monoisotopic (exact) mass is 280 g/mol. The summed E-state index contributed by atoms with van der Waals surface area (Å²) >= 11 is 0. The van der Waals surface area contributed by atoms with E-state index in [9.17, 15) is 9.90 Å². The molecule has 1 spiro atoms. The Morgan fingerprint density at radius 1 is 1.30 bits per heavy atom. The summed E-state index contributed by atoms with van der Waals surface area (Å²) in [6.07, 6.45) is 10.2. The van der Waals surface area contributed by atoms with Gasteiger partial charge in [0.15, 0.2) is 0 Å². The van der Waals surface area contributed by atoms with Crippen molar-refractivity contribution in [3.63, 3.8) is 0 Å². The SMILES string of the molecule is CCC1CCC(C(=O)O)C(C2CCOC3(CCC3)C2)C1. The molecule has 2 aliphatic carbocycles. The van der Waals surface area contributed by atoms with E-state index in [2.05, 4.69) is 6.92 Å². The number of ether oxygens (including phenoxy) is 1. The maximum atomic E-state index is 11.6. The van der Waals surface area contributed by atoms with E-state index in [1.54, 1.807) is 0 Å². The fourth-order valence-corrected chi connectivity index (χ4v) is 4.85. The molecule has 3 nitrogen and oxygen atoms in total. The largest absolute Gasteiger partial charge is 0.481 e. The van der Waals surface area contributed by atoms with Crippen molar-refractivity contribution in [2.45, 2.75) is 70.3 Å². The number of carboxylic acids is 1. The molecule has 0 aromatic heterocycles. The van der Waals surface area contributed by atoms with Crippen molar-refractivity contribution < 1.29 is 14.6 Å². The summed E-state index contributed by atoms with van der Waals surface area (Å²) in [6, 6.07) is 0. The van der Waals surface area contributed by atoms with Crippen LogP contribution < -0.4 is 0 Å².